The highest BCUT2D eigenvalue weighted by atomic mass is 31.2. The van der Waals surface area contributed by atoms with Crippen LogP contribution in [0, 0.1) is 0 Å². The van der Waals surface area contributed by atoms with Gasteiger partial charge < -0.3 is 38.0 Å². The first-order valence-electron chi connectivity index (χ1n) is 21.3. The van der Waals surface area contributed by atoms with Crippen molar-refractivity contribution in [1.82, 2.24) is 5.32 Å². The lowest BCUT2D eigenvalue weighted by Crippen LogP contribution is -2.37. The Morgan fingerprint density at radius 3 is 1.89 bits per heavy atom. The Morgan fingerprint density at radius 1 is 0.737 bits per heavy atom. The summed E-state index contributed by atoms with van der Waals surface area (Å²) in [6.07, 6.45) is 17.7. The Balaban J connectivity index is 1.73. The minimum absolute atomic E-state index is 0.0505. The zero-order valence-corrected chi connectivity index (χ0v) is 36.8. The molecule has 2 aromatic rings. The van der Waals surface area contributed by atoms with Crippen LogP contribution >= 0.6 is 7.82 Å². The summed E-state index contributed by atoms with van der Waals surface area (Å²) in [6, 6.07) is 11.6. The van der Waals surface area contributed by atoms with Crippen molar-refractivity contribution in [2.24, 2.45) is 0 Å². The minimum atomic E-state index is -4.70. The molecule has 12 nitrogen and oxygen atoms in total. The van der Waals surface area contributed by atoms with Crippen LogP contribution in [0.25, 0.3) is 10.8 Å². The van der Waals surface area contributed by atoms with Crippen molar-refractivity contribution >= 4 is 36.4 Å². The number of nitrogens with one attached hydrogen (secondary N) is 1. The van der Waals surface area contributed by atoms with Gasteiger partial charge in [0.05, 0.1) is 40.8 Å². The molecule has 1 unspecified atom stereocenters. The zero-order valence-electron chi connectivity index (χ0n) is 35.9. The largest absolute Gasteiger partial charge is 0.756 e. The number of ether oxygens (including phenoxy) is 3. The van der Waals surface area contributed by atoms with Crippen LogP contribution in [-0.2, 0) is 37.5 Å². The number of carbonyl (C=O) groups excluding carboxylic acids is 3. The number of esters is 2. The van der Waals surface area contributed by atoms with E-state index in [1.54, 1.807) is 7.11 Å². The molecular formula is C44H73N2O10P. The highest BCUT2D eigenvalue weighted by molar-refractivity contribution is 7.45. The molecule has 2 rings (SSSR count). The smallest absolute Gasteiger partial charge is 0.306 e. The number of benzene rings is 2. The van der Waals surface area contributed by atoms with Gasteiger partial charge in [-0.3, -0.25) is 18.9 Å². The molecule has 0 heterocycles. The summed E-state index contributed by atoms with van der Waals surface area (Å²) in [4.78, 5) is 50.6. The van der Waals surface area contributed by atoms with Crippen molar-refractivity contribution in [3.63, 3.8) is 0 Å². The molecular weight excluding hydrogens is 747 g/mol. The van der Waals surface area contributed by atoms with Gasteiger partial charge in [-0.2, -0.15) is 0 Å². The third-order valence-corrected chi connectivity index (χ3v) is 10.9. The minimum Gasteiger partial charge on any atom is -0.756 e. The molecule has 0 aliphatic rings. The molecule has 0 saturated heterocycles. The van der Waals surface area contributed by atoms with E-state index in [1.807, 2.05) is 64.5 Å². The molecule has 2 aromatic carbocycles. The number of unbranched alkanes of at least 4 members (excludes halogenated alkanes) is 14. The summed E-state index contributed by atoms with van der Waals surface area (Å²) < 4.78 is 39.1. The lowest BCUT2D eigenvalue weighted by atomic mass is 9.97. The maximum absolute atomic E-state index is 12.9. The molecule has 0 fully saturated rings. The summed E-state index contributed by atoms with van der Waals surface area (Å²) in [5.41, 5.74) is 0.860. The number of methoxy groups -OCH3 is 1. The summed E-state index contributed by atoms with van der Waals surface area (Å²) in [6.45, 7) is 3.74. The van der Waals surface area contributed by atoms with E-state index in [1.165, 1.54) is 70.6 Å². The first-order chi connectivity index (χ1) is 27.2. The second-order valence-electron chi connectivity index (χ2n) is 16.2. The Kier molecular flexibility index (Phi) is 25.0. The molecule has 0 aliphatic carbocycles. The molecule has 0 saturated carbocycles. The Morgan fingerprint density at radius 2 is 1.30 bits per heavy atom. The lowest BCUT2D eigenvalue weighted by Gasteiger charge is -2.28. The number of hydrogen-bond acceptors (Lipinski definition) is 10. The van der Waals surface area contributed by atoms with E-state index in [0.29, 0.717) is 17.4 Å². The molecule has 0 aliphatic heterocycles. The molecule has 324 valence electrons. The number of quaternary nitrogens is 1. The van der Waals surface area contributed by atoms with E-state index in [0.717, 1.165) is 41.3 Å². The number of fused-ring (bicyclic) bond motifs is 1. The molecule has 3 atom stereocenters. The van der Waals surface area contributed by atoms with Gasteiger partial charge in [0.1, 0.15) is 25.5 Å². The second kappa shape index (κ2) is 28.4. The van der Waals surface area contributed by atoms with Gasteiger partial charge in [-0.1, -0.05) is 121 Å². The summed E-state index contributed by atoms with van der Waals surface area (Å²) >= 11 is 0. The van der Waals surface area contributed by atoms with Gasteiger partial charge in [0.15, 0.2) is 6.10 Å². The van der Waals surface area contributed by atoms with Crippen LogP contribution in [0.5, 0.6) is 5.75 Å². The normalized spacial score (nSPS) is 13.8. The van der Waals surface area contributed by atoms with Crippen LogP contribution in [0.4, 0.5) is 0 Å². The van der Waals surface area contributed by atoms with Crippen LogP contribution in [0.2, 0.25) is 0 Å². The van der Waals surface area contributed by atoms with Crippen LogP contribution in [0.3, 0.4) is 0 Å². The van der Waals surface area contributed by atoms with Crippen LogP contribution in [0.1, 0.15) is 141 Å². The number of carbonyl (C=O) groups is 3. The van der Waals surface area contributed by atoms with Crippen molar-refractivity contribution in [1.29, 1.82) is 0 Å². The number of likely N-dealkylation sites (N-methyl/N-ethyl adjacent to an activating group) is 1. The molecule has 1 amide bonds. The molecule has 0 spiro atoms. The molecule has 13 heteroatoms. The number of nitrogens with zero attached hydrogens (tertiary/aromatic N) is 1. The van der Waals surface area contributed by atoms with Crippen LogP contribution in [-0.4, -0.2) is 89.6 Å². The monoisotopic (exact) mass is 821 g/mol. The third kappa shape index (κ3) is 23.9. The van der Waals surface area contributed by atoms with Gasteiger partial charge in [-0.15, -0.1) is 0 Å². The van der Waals surface area contributed by atoms with Gasteiger partial charge in [-0.25, -0.2) is 0 Å². The van der Waals surface area contributed by atoms with E-state index in [9.17, 15) is 23.8 Å². The van der Waals surface area contributed by atoms with Gasteiger partial charge in [0.25, 0.3) is 7.82 Å². The average Bonchev–Trinajstić information content (AvgIpc) is 3.17. The van der Waals surface area contributed by atoms with Gasteiger partial charge >= 0.3 is 11.9 Å². The fraction of sp³-hybridized carbons (Fsp3) is 0.705. The Labute approximate surface area is 342 Å². The Hall–Kier alpha value is -3.02. The third-order valence-electron chi connectivity index (χ3n) is 9.96. The topological polar surface area (TPSA) is 150 Å². The maximum Gasteiger partial charge on any atom is 0.306 e. The second-order valence-corrected chi connectivity index (χ2v) is 17.6. The van der Waals surface area contributed by atoms with Crippen LogP contribution < -0.4 is 14.9 Å². The van der Waals surface area contributed by atoms with E-state index in [4.69, 9.17) is 23.3 Å². The number of amides is 1. The number of phosphoric ester groups is 1. The molecule has 0 aromatic heterocycles. The van der Waals surface area contributed by atoms with E-state index in [-0.39, 0.29) is 44.9 Å². The first kappa shape index (κ1) is 50.1. The van der Waals surface area contributed by atoms with Crippen molar-refractivity contribution in [3.05, 3.63) is 42.0 Å². The highest BCUT2D eigenvalue weighted by Crippen LogP contribution is 2.38. The molecule has 1 N–H and O–H groups in total. The van der Waals surface area contributed by atoms with Crippen LogP contribution in [0.15, 0.2) is 36.4 Å². The molecule has 0 bridgehead atoms. The van der Waals surface area contributed by atoms with Gasteiger partial charge in [-0.05, 0) is 48.2 Å². The van der Waals surface area contributed by atoms with Gasteiger partial charge in [0.2, 0.25) is 5.91 Å². The zero-order chi connectivity index (χ0) is 41.9. The summed E-state index contributed by atoms with van der Waals surface area (Å²) in [5, 5.41) is 4.87. The predicted molar refractivity (Wildman–Crippen MR) is 224 cm³/mol. The van der Waals surface area contributed by atoms with Gasteiger partial charge in [0, 0.05) is 19.4 Å². The average molecular weight is 821 g/mol. The van der Waals surface area contributed by atoms with E-state index < -0.39 is 38.4 Å². The predicted octanol–water partition coefficient (Wildman–Crippen LogP) is 8.77. The van der Waals surface area contributed by atoms with E-state index >= 15 is 0 Å². The number of rotatable bonds is 33. The highest BCUT2D eigenvalue weighted by Gasteiger charge is 2.22. The standard InChI is InChI=1S/C44H73N2O10P/c1-7-8-9-10-11-12-13-14-15-16-17-18-19-20-21-23-42(47)53-34-41(35-55-57(50,51)54-31-30-46(3,4)5)56-43(48)24-22-29-45-44(49)36(2)37-25-26-39-33-40(52-6)28-27-38(39)32-37/h25-28,32-33,36,41H,7-24,29-31,34-35H2,1-6H3,(H-,45,49,50,51)/t36-,41+/m0/s1. The van der Waals surface area contributed by atoms with Crippen molar-refractivity contribution in [2.45, 2.75) is 141 Å². The quantitative estimate of drug-likeness (QED) is 0.0321. The molecule has 57 heavy (non-hydrogen) atoms. The Bertz CT molecular complexity index is 1500. The van der Waals surface area contributed by atoms with Crippen molar-refractivity contribution in [2.75, 3.05) is 61.2 Å². The first-order valence-corrected chi connectivity index (χ1v) is 22.8. The SMILES string of the molecule is CCCCCCCCCCCCCCCCCC(=O)OC[C@H](COP(=O)([O-])OCC[N+](C)(C)C)OC(=O)CCCNC(=O)[C@@H](C)c1ccc2cc(OC)ccc2c1. The number of phosphoric acid groups is 1. The number of hydrogen-bond donors (Lipinski definition) is 1. The van der Waals surface area contributed by atoms with E-state index in [2.05, 4.69) is 12.2 Å². The summed E-state index contributed by atoms with van der Waals surface area (Å²) in [5.74, 6) is -0.920. The fourth-order valence-electron chi connectivity index (χ4n) is 6.29. The lowest BCUT2D eigenvalue weighted by molar-refractivity contribution is -0.870. The fourth-order valence-corrected chi connectivity index (χ4v) is 7.01. The maximum atomic E-state index is 12.9. The van der Waals surface area contributed by atoms with Crippen molar-refractivity contribution in [3.8, 4) is 5.75 Å². The van der Waals surface area contributed by atoms with Crippen molar-refractivity contribution < 1.29 is 51.6 Å². The summed E-state index contributed by atoms with van der Waals surface area (Å²) in [7, 11) is 2.62. The molecule has 0 radical (unpaired) electrons.